The van der Waals surface area contributed by atoms with E-state index in [2.05, 4.69) is 12.1 Å². The molecule has 0 aliphatic carbocycles. The highest BCUT2D eigenvalue weighted by Crippen LogP contribution is 2.29. The molecule has 0 aromatic heterocycles. The molecule has 0 saturated heterocycles. The average molecular weight is 283 g/mol. The molecule has 0 radical (unpaired) electrons. The van der Waals surface area contributed by atoms with Gasteiger partial charge in [0.2, 0.25) is 0 Å². The number of nitrogens with two attached hydrogens (primary N) is 1. The predicted octanol–water partition coefficient (Wildman–Crippen LogP) is 3.40. The van der Waals surface area contributed by atoms with Crippen LogP contribution in [0.3, 0.4) is 0 Å². The highest BCUT2D eigenvalue weighted by Gasteiger charge is 2.23. The van der Waals surface area contributed by atoms with Crippen molar-refractivity contribution in [2.24, 2.45) is 5.73 Å². The molecular formula is C18H21NO2. The van der Waals surface area contributed by atoms with E-state index in [1.165, 1.54) is 5.56 Å². The van der Waals surface area contributed by atoms with Crippen molar-refractivity contribution in [3.05, 3.63) is 59.2 Å². The molecule has 3 heteroatoms. The van der Waals surface area contributed by atoms with Gasteiger partial charge < -0.3 is 15.2 Å². The van der Waals surface area contributed by atoms with Gasteiger partial charge in [0.15, 0.2) is 0 Å². The maximum atomic E-state index is 5.92. The van der Waals surface area contributed by atoms with Crippen molar-refractivity contribution in [2.75, 3.05) is 6.61 Å². The molecule has 21 heavy (non-hydrogen) atoms. The molecule has 0 bridgehead atoms. The van der Waals surface area contributed by atoms with E-state index < -0.39 is 0 Å². The van der Waals surface area contributed by atoms with Gasteiger partial charge in [-0.3, -0.25) is 0 Å². The lowest BCUT2D eigenvalue weighted by atomic mass is 10.1. The van der Waals surface area contributed by atoms with Gasteiger partial charge in [0.1, 0.15) is 24.2 Å². The van der Waals surface area contributed by atoms with Crippen molar-refractivity contribution in [2.45, 2.75) is 32.4 Å². The van der Waals surface area contributed by atoms with E-state index in [9.17, 15) is 0 Å². The summed E-state index contributed by atoms with van der Waals surface area (Å²) in [6, 6.07) is 14.3. The maximum absolute atomic E-state index is 5.92. The Morgan fingerprint density at radius 3 is 2.81 bits per heavy atom. The summed E-state index contributed by atoms with van der Waals surface area (Å²) in [7, 11) is 0. The first-order valence-corrected chi connectivity index (χ1v) is 7.37. The molecule has 1 aliphatic rings. The molecule has 110 valence electrons. The van der Waals surface area contributed by atoms with Crippen LogP contribution in [-0.4, -0.2) is 12.7 Å². The number of fused-ring (bicyclic) bond motifs is 1. The second kappa shape index (κ2) is 5.78. The van der Waals surface area contributed by atoms with Gasteiger partial charge in [-0.15, -0.1) is 0 Å². The van der Waals surface area contributed by atoms with E-state index >= 15 is 0 Å². The summed E-state index contributed by atoms with van der Waals surface area (Å²) in [6.07, 6.45) is 1.00. The van der Waals surface area contributed by atoms with E-state index in [1.807, 2.05) is 44.2 Å². The Labute approximate surface area is 125 Å². The molecule has 2 aromatic rings. The molecule has 2 atom stereocenters. The normalized spacial score (nSPS) is 18.0. The second-order valence-electron chi connectivity index (χ2n) is 5.68. The number of benzene rings is 2. The molecule has 1 unspecified atom stereocenters. The summed E-state index contributed by atoms with van der Waals surface area (Å²) in [5, 5.41) is 0. The molecule has 0 spiro atoms. The number of para-hydroxylation sites is 1. The Morgan fingerprint density at radius 2 is 2.10 bits per heavy atom. The molecule has 2 aromatic carbocycles. The van der Waals surface area contributed by atoms with Gasteiger partial charge in [-0.25, -0.2) is 0 Å². The fraction of sp³-hybridized carbons (Fsp3) is 0.333. The first-order valence-electron chi connectivity index (χ1n) is 7.37. The lowest BCUT2D eigenvalue weighted by molar-refractivity contribution is 0.148. The van der Waals surface area contributed by atoms with Crippen LogP contribution in [0.4, 0.5) is 0 Å². The Kier molecular flexibility index (Phi) is 3.84. The zero-order valence-corrected chi connectivity index (χ0v) is 12.5. The van der Waals surface area contributed by atoms with Crippen LogP contribution in [0.25, 0.3) is 0 Å². The number of aryl methyl sites for hydroxylation is 1. The van der Waals surface area contributed by atoms with E-state index in [4.69, 9.17) is 15.2 Å². The molecule has 1 heterocycles. The van der Waals surface area contributed by atoms with Crippen LogP contribution >= 0.6 is 0 Å². The van der Waals surface area contributed by atoms with Crippen LogP contribution in [0.15, 0.2) is 42.5 Å². The van der Waals surface area contributed by atoms with Gasteiger partial charge in [0.25, 0.3) is 0 Å². The van der Waals surface area contributed by atoms with Crippen molar-refractivity contribution >= 4 is 0 Å². The minimum atomic E-state index is 0.0467. The predicted molar refractivity (Wildman–Crippen MR) is 83.8 cm³/mol. The lowest BCUT2D eigenvalue weighted by Crippen LogP contribution is -2.22. The molecular weight excluding hydrogens is 262 g/mol. The fourth-order valence-electron chi connectivity index (χ4n) is 2.65. The third kappa shape index (κ3) is 3.03. The smallest absolute Gasteiger partial charge is 0.137 e. The van der Waals surface area contributed by atoms with Crippen LogP contribution in [-0.2, 0) is 6.42 Å². The molecule has 0 amide bonds. The third-order valence-electron chi connectivity index (χ3n) is 3.86. The van der Waals surface area contributed by atoms with Gasteiger partial charge >= 0.3 is 0 Å². The minimum absolute atomic E-state index is 0.0467. The summed E-state index contributed by atoms with van der Waals surface area (Å²) >= 11 is 0. The van der Waals surface area contributed by atoms with E-state index in [0.717, 1.165) is 29.0 Å². The Hall–Kier alpha value is -2.00. The van der Waals surface area contributed by atoms with Crippen LogP contribution in [0.5, 0.6) is 11.5 Å². The van der Waals surface area contributed by atoms with Gasteiger partial charge in [-0.05, 0) is 42.7 Å². The first kappa shape index (κ1) is 14.0. The highest BCUT2D eigenvalue weighted by atomic mass is 16.5. The van der Waals surface area contributed by atoms with Crippen molar-refractivity contribution in [1.29, 1.82) is 0 Å². The van der Waals surface area contributed by atoms with Crippen molar-refractivity contribution in [3.8, 4) is 11.5 Å². The van der Waals surface area contributed by atoms with Gasteiger partial charge in [0, 0.05) is 12.5 Å². The first-order chi connectivity index (χ1) is 10.1. The number of hydrogen-bond donors (Lipinski definition) is 1. The van der Waals surface area contributed by atoms with E-state index in [1.54, 1.807) is 0 Å². The quantitative estimate of drug-likeness (QED) is 0.935. The monoisotopic (exact) mass is 283 g/mol. The van der Waals surface area contributed by atoms with Crippen molar-refractivity contribution < 1.29 is 9.47 Å². The van der Waals surface area contributed by atoms with Crippen LogP contribution in [0.1, 0.15) is 29.7 Å². The van der Waals surface area contributed by atoms with Crippen LogP contribution in [0.2, 0.25) is 0 Å². The minimum Gasteiger partial charge on any atom is -0.489 e. The average Bonchev–Trinajstić information content (AvgIpc) is 2.88. The summed E-state index contributed by atoms with van der Waals surface area (Å²) in [6.45, 7) is 4.59. The van der Waals surface area contributed by atoms with E-state index in [0.29, 0.717) is 6.61 Å². The lowest BCUT2D eigenvalue weighted by Gasteiger charge is -2.15. The topological polar surface area (TPSA) is 44.5 Å². The van der Waals surface area contributed by atoms with Gasteiger partial charge in [0.05, 0.1) is 0 Å². The molecule has 3 rings (SSSR count). The molecule has 3 nitrogen and oxygen atoms in total. The summed E-state index contributed by atoms with van der Waals surface area (Å²) in [5.74, 6) is 1.88. The molecule has 1 aliphatic heterocycles. The van der Waals surface area contributed by atoms with Crippen molar-refractivity contribution in [3.63, 3.8) is 0 Å². The van der Waals surface area contributed by atoms with E-state index in [-0.39, 0.29) is 12.1 Å². The third-order valence-corrected chi connectivity index (χ3v) is 3.86. The van der Waals surface area contributed by atoms with Crippen LogP contribution < -0.4 is 15.2 Å². The summed E-state index contributed by atoms with van der Waals surface area (Å²) in [4.78, 5) is 0. The zero-order chi connectivity index (χ0) is 14.8. The second-order valence-corrected chi connectivity index (χ2v) is 5.68. The molecule has 0 saturated carbocycles. The summed E-state index contributed by atoms with van der Waals surface area (Å²) < 4.78 is 11.8. The largest absolute Gasteiger partial charge is 0.489 e. The maximum Gasteiger partial charge on any atom is 0.137 e. The highest BCUT2D eigenvalue weighted by molar-refractivity contribution is 5.38. The van der Waals surface area contributed by atoms with Crippen LogP contribution in [0, 0.1) is 6.92 Å². The number of hydrogen-bond acceptors (Lipinski definition) is 3. The zero-order valence-electron chi connectivity index (χ0n) is 12.5. The fourth-order valence-corrected chi connectivity index (χ4v) is 2.65. The van der Waals surface area contributed by atoms with Crippen molar-refractivity contribution in [1.82, 2.24) is 0 Å². The Bertz CT molecular complexity index is 612. The molecule has 2 N–H and O–H groups in total. The SMILES string of the molecule is Cc1cc([C@@H](C)N)ccc1OCC1Cc2ccccc2O1. The standard InChI is InChI=1S/C18H21NO2/c1-12-9-14(13(2)19)7-8-17(12)20-11-16-10-15-5-3-4-6-18(15)21-16/h3-9,13,16H,10-11,19H2,1-2H3/t13-,16?/m1/s1. The summed E-state index contributed by atoms with van der Waals surface area (Å²) in [5.41, 5.74) is 9.39. The van der Waals surface area contributed by atoms with Gasteiger partial charge in [-0.1, -0.05) is 30.3 Å². The number of ether oxygens (including phenoxy) is 2. The van der Waals surface area contributed by atoms with Gasteiger partial charge in [-0.2, -0.15) is 0 Å². The number of rotatable bonds is 4. The Balaban J connectivity index is 1.62. The molecule has 0 fully saturated rings. The Morgan fingerprint density at radius 1 is 1.29 bits per heavy atom.